The lowest BCUT2D eigenvalue weighted by Gasteiger charge is -2.08. The van der Waals surface area contributed by atoms with Gasteiger partial charge in [0.25, 0.3) is 0 Å². The predicted molar refractivity (Wildman–Crippen MR) is 75.2 cm³/mol. The van der Waals surface area contributed by atoms with Crippen LogP contribution >= 0.6 is 0 Å². The van der Waals surface area contributed by atoms with Crippen LogP contribution in [0.15, 0.2) is 36.5 Å². The minimum atomic E-state index is 0.592. The number of hydrogen-bond acceptors (Lipinski definition) is 4. The smallest absolute Gasteiger partial charge is 0.213 e. The Morgan fingerprint density at radius 3 is 2.79 bits per heavy atom. The van der Waals surface area contributed by atoms with Gasteiger partial charge in [-0.15, -0.1) is 0 Å². The topological polar surface area (TPSA) is 47.0 Å². The van der Waals surface area contributed by atoms with Crippen LogP contribution in [0.3, 0.4) is 0 Å². The van der Waals surface area contributed by atoms with Crippen LogP contribution in [0, 0.1) is 6.92 Å². The van der Waals surface area contributed by atoms with E-state index < -0.39 is 0 Å². The number of nitrogens with zero attached hydrogens (tertiary/aromatic N) is 2. The van der Waals surface area contributed by atoms with Gasteiger partial charge < -0.3 is 10.1 Å². The van der Waals surface area contributed by atoms with E-state index in [1.54, 1.807) is 6.20 Å². The quantitative estimate of drug-likeness (QED) is 0.861. The van der Waals surface area contributed by atoms with Crippen molar-refractivity contribution in [1.29, 1.82) is 0 Å². The molecule has 0 spiro atoms. The highest BCUT2D eigenvalue weighted by Crippen LogP contribution is 2.12. The zero-order chi connectivity index (χ0) is 13.5. The first-order valence-corrected chi connectivity index (χ1v) is 6.43. The minimum absolute atomic E-state index is 0.592. The Hall–Kier alpha value is -1.94. The minimum Gasteiger partial charge on any atom is -0.477 e. The molecule has 0 aliphatic heterocycles. The lowest BCUT2D eigenvalue weighted by Crippen LogP contribution is -2.09. The van der Waals surface area contributed by atoms with Crippen LogP contribution in [0.25, 0.3) is 0 Å². The van der Waals surface area contributed by atoms with Crippen LogP contribution in [0.1, 0.15) is 17.0 Å². The molecule has 0 saturated carbocycles. The highest BCUT2D eigenvalue weighted by Gasteiger charge is 2.02. The van der Waals surface area contributed by atoms with Crippen molar-refractivity contribution in [3.05, 3.63) is 53.5 Å². The first kappa shape index (κ1) is 13.5. The maximum absolute atomic E-state index is 5.65. The fraction of sp³-hybridized carbons (Fsp3) is 0.333. The van der Waals surface area contributed by atoms with Gasteiger partial charge in [0.2, 0.25) is 5.88 Å². The first-order valence-electron chi connectivity index (χ1n) is 6.43. The van der Waals surface area contributed by atoms with Gasteiger partial charge in [0.05, 0.1) is 6.61 Å². The summed E-state index contributed by atoms with van der Waals surface area (Å²) < 4.78 is 5.65. The van der Waals surface area contributed by atoms with E-state index in [-0.39, 0.29) is 0 Å². The van der Waals surface area contributed by atoms with E-state index in [2.05, 4.69) is 21.4 Å². The molecule has 0 fully saturated rings. The Kier molecular flexibility index (Phi) is 4.86. The molecule has 0 atom stereocenters. The Morgan fingerprint density at radius 2 is 2.11 bits per heavy atom. The van der Waals surface area contributed by atoms with E-state index in [0.29, 0.717) is 12.5 Å². The molecule has 2 rings (SSSR count). The van der Waals surface area contributed by atoms with Crippen LogP contribution in [0.2, 0.25) is 0 Å². The second-order valence-electron chi connectivity index (χ2n) is 4.34. The summed E-state index contributed by atoms with van der Waals surface area (Å²) in [6.07, 6.45) is 2.59. The summed E-state index contributed by atoms with van der Waals surface area (Å²) in [5, 5.41) is 3.12. The van der Waals surface area contributed by atoms with E-state index in [1.165, 1.54) is 5.56 Å². The molecule has 2 aromatic heterocycles. The van der Waals surface area contributed by atoms with Gasteiger partial charge in [-0.05, 0) is 31.7 Å². The molecular weight excluding hydrogens is 238 g/mol. The fourth-order valence-electron chi connectivity index (χ4n) is 1.83. The SMILES string of the molecule is CNCc1ccc(OCCc2ccccn2)nc1C. The number of rotatable bonds is 6. The molecule has 19 heavy (non-hydrogen) atoms. The molecule has 4 heteroatoms. The molecule has 2 heterocycles. The molecule has 0 bridgehead atoms. The third-order valence-corrected chi connectivity index (χ3v) is 2.87. The van der Waals surface area contributed by atoms with Gasteiger partial charge in [-0.3, -0.25) is 4.98 Å². The Morgan fingerprint density at radius 1 is 1.21 bits per heavy atom. The number of ether oxygens (including phenoxy) is 1. The van der Waals surface area contributed by atoms with Crippen molar-refractivity contribution < 1.29 is 4.74 Å². The van der Waals surface area contributed by atoms with Gasteiger partial charge in [0.15, 0.2) is 0 Å². The van der Waals surface area contributed by atoms with Crippen molar-refractivity contribution in [2.45, 2.75) is 19.9 Å². The average Bonchev–Trinajstić information content (AvgIpc) is 2.43. The van der Waals surface area contributed by atoms with E-state index in [4.69, 9.17) is 4.74 Å². The largest absolute Gasteiger partial charge is 0.477 e. The second-order valence-corrected chi connectivity index (χ2v) is 4.34. The Balaban J connectivity index is 1.88. The molecule has 0 saturated heterocycles. The number of pyridine rings is 2. The van der Waals surface area contributed by atoms with Crippen molar-refractivity contribution in [1.82, 2.24) is 15.3 Å². The monoisotopic (exact) mass is 257 g/mol. The fourth-order valence-corrected chi connectivity index (χ4v) is 1.83. The van der Waals surface area contributed by atoms with E-state index in [9.17, 15) is 0 Å². The van der Waals surface area contributed by atoms with Crippen LogP contribution in [-0.2, 0) is 13.0 Å². The normalized spacial score (nSPS) is 10.4. The number of aryl methyl sites for hydroxylation is 1. The molecule has 0 aromatic carbocycles. The molecule has 2 aromatic rings. The molecule has 0 aliphatic rings. The number of nitrogens with one attached hydrogen (secondary N) is 1. The van der Waals surface area contributed by atoms with Crippen molar-refractivity contribution in [2.75, 3.05) is 13.7 Å². The summed E-state index contributed by atoms with van der Waals surface area (Å²) in [6.45, 7) is 3.42. The maximum Gasteiger partial charge on any atom is 0.213 e. The van der Waals surface area contributed by atoms with Crippen molar-refractivity contribution in [3.63, 3.8) is 0 Å². The Bertz CT molecular complexity index is 514. The Labute approximate surface area is 113 Å². The first-order chi connectivity index (χ1) is 9.29. The lowest BCUT2D eigenvalue weighted by atomic mass is 10.2. The van der Waals surface area contributed by atoms with E-state index >= 15 is 0 Å². The van der Waals surface area contributed by atoms with Crippen LogP contribution < -0.4 is 10.1 Å². The highest BCUT2D eigenvalue weighted by molar-refractivity contribution is 5.24. The lowest BCUT2D eigenvalue weighted by molar-refractivity contribution is 0.307. The van der Waals surface area contributed by atoms with Crippen LogP contribution in [0.5, 0.6) is 5.88 Å². The standard InChI is InChI=1S/C15H19N3O/c1-12-13(11-16-2)6-7-15(18-12)19-10-8-14-5-3-4-9-17-14/h3-7,9,16H,8,10-11H2,1-2H3. The predicted octanol–water partition coefficient (Wildman–Crippen LogP) is 2.13. The molecule has 0 amide bonds. The summed E-state index contributed by atoms with van der Waals surface area (Å²) in [7, 11) is 1.93. The van der Waals surface area contributed by atoms with E-state index in [0.717, 1.165) is 24.4 Å². The highest BCUT2D eigenvalue weighted by atomic mass is 16.5. The molecule has 0 radical (unpaired) electrons. The summed E-state index contributed by atoms with van der Waals surface area (Å²) in [6, 6.07) is 9.86. The number of hydrogen-bond donors (Lipinski definition) is 1. The molecule has 1 N–H and O–H groups in total. The second kappa shape index (κ2) is 6.85. The summed E-state index contributed by atoms with van der Waals surface area (Å²) >= 11 is 0. The van der Waals surface area contributed by atoms with Gasteiger partial charge in [0.1, 0.15) is 0 Å². The summed E-state index contributed by atoms with van der Waals surface area (Å²) in [5.41, 5.74) is 3.23. The van der Waals surface area contributed by atoms with Crippen LogP contribution in [-0.4, -0.2) is 23.6 Å². The molecule has 4 nitrogen and oxygen atoms in total. The van der Waals surface area contributed by atoms with Crippen molar-refractivity contribution in [3.8, 4) is 5.88 Å². The van der Waals surface area contributed by atoms with Crippen molar-refractivity contribution in [2.24, 2.45) is 0 Å². The van der Waals surface area contributed by atoms with Crippen LogP contribution in [0.4, 0.5) is 0 Å². The number of aromatic nitrogens is 2. The van der Waals surface area contributed by atoms with Gasteiger partial charge in [0, 0.05) is 36.6 Å². The van der Waals surface area contributed by atoms with Crippen molar-refractivity contribution >= 4 is 0 Å². The maximum atomic E-state index is 5.65. The molecule has 100 valence electrons. The van der Waals surface area contributed by atoms with Gasteiger partial charge in [-0.2, -0.15) is 0 Å². The molecular formula is C15H19N3O. The zero-order valence-electron chi connectivity index (χ0n) is 11.4. The van der Waals surface area contributed by atoms with Gasteiger partial charge in [-0.1, -0.05) is 12.1 Å². The van der Waals surface area contributed by atoms with Gasteiger partial charge in [-0.25, -0.2) is 4.98 Å². The summed E-state index contributed by atoms with van der Waals surface area (Å²) in [5.74, 6) is 0.674. The zero-order valence-corrected chi connectivity index (χ0v) is 11.4. The third kappa shape index (κ3) is 4.03. The average molecular weight is 257 g/mol. The van der Waals surface area contributed by atoms with E-state index in [1.807, 2.05) is 38.2 Å². The summed E-state index contributed by atoms with van der Waals surface area (Å²) in [4.78, 5) is 8.70. The molecule has 0 aliphatic carbocycles. The molecule has 0 unspecified atom stereocenters. The van der Waals surface area contributed by atoms with Gasteiger partial charge >= 0.3 is 0 Å². The third-order valence-electron chi connectivity index (χ3n) is 2.87.